The second-order valence-electron chi connectivity index (χ2n) is 8.25. The SMILES string of the molecule is CC(C)(C)C(O)(c1cncnc1)c1ccc(-c2ccc(OC(F)F)cc2)cc1C(F)(F)F. The molecule has 0 aliphatic heterocycles. The van der Waals surface area contributed by atoms with Crippen LogP contribution in [0.25, 0.3) is 11.1 Å². The van der Waals surface area contributed by atoms with E-state index in [0.717, 1.165) is 6.07 Å². The summed E-state index contributed by atoms with van der Waals surface area (Å²) >= 11 is 0. The molecule has 4 nitrogen and oxygen atoms in total. The van der Waals surface area contributed by atoms with Gasteiger partial charge in [-0.2, -0.15) is 22.0 Å². The number of rotatable bonds is 5. The van der Waals surface area contributed by atoms with Crippen molar-refractivity contribution in [2.45, 2.75) is 39.2 Å². The first-order valence-electron chi connectivity index (χ1n) is 9.59. The third-order valence-electron chi connectivity index (χ3n) is 5.19. The van der Waals surface area contributed by atoms with E-state index in [0.29, 0.717) is 5.56 Å². The average molecular weight is 452 g/mol. The van der Waals surface area contributed by atoms with Crippen LogP contribution >= 0.6 is 0 Å². The van der Waals surface area contributed by atoms with Gasteiger partial charge in [0.15, 0.2) is 0 Å². The Hall–Kier alpha value is -3.07. The van der Waals surface area contributed by atoms with Crippen LogP contribution in [0.1, 0.15) is 37.5 Å². The number of hydrogen-bond acceptors (Lipinski definition) is 4. The van der Waals surface area contributed by atoms with Gasteiger partial charge in [-0.1, -0.05) is 45.0 Å². The summed E-state index contributed by atoms with van der Waals surface area (Å²) in [7, 11) is 0. The fourth-order valence-electron chi connectivity index (χ4n) is 3.58. The lowest BCUT2D eigenvalue weighted by atomic mass is 9.67. The Bertz CT molecular complexity index is 1060. The highest BCUT2D eigenvalue weighted by Crippen LogP contribution is 2.49. The minimum Gasteiger partial charge on any atom is -0.435 e. The molecule has 1 atom stereocenters. The molecular weight excluding hydrogens is 431 g/mol. The molecule has 0 radical (unpaired) electrons. The summed E-state index contributed by atoms with van der Waals surface area (Å²) in [6.07, 6.45) is -0.983. The molecular formula is C23H21F5N2O2. The lowest BCUT2D eigenvalue weighted by Crippen LogP contribution is -2.42. The van der Waals surface area contributed by atoms with Crippen LogP contribution in [-0.2, 0) is 11.8 Å². The molecule has 3 aromatic rings. The number of nitrogens with zero attached hydrogens (tertiary/aromatic N) is 2. The molecule has 0 spiro atoms. The molecule has 0 bridgehead atoms. The second kappa shape index (κ2) is 8.46. The zero-order chi connectivity index (χ0) is 23.7. The van der Waals surface area contributed by atoms with Gasteiger partial charge in [0.05, 0.1) is 5.56 Å². The quantitative estimate of drug-likeness (QED) is 0.479. The summed E-state index contributed by atoms with van der Waals surface area (Å²) < 4.78 is 71.4. The normalized spacial score (nSPS) is 14.3. The molecule has 0 aliphatic carbocycles. The van der Waals surface area contributed by atoms with Gasteiger partial charge < -0.3 is 9.84 Å². The largest absolute Gasteiger partial charge is 0.435 e. The number of hydrogen-bond donors (Lipinski definition) is 1. The lowest BCUT2D eigenvalue weighted by molar-refractivity contribution is -0.142. The molecule has 0 saturated carbocycles. The van der Waals surface area contributed by atoms with Crippen LogP contribution in [0.3, 0.4) is 0 Å². The van der Waals surface area contributed by atoms with Crippen molar-refractivity contribution < 1.29 is 31.8 Å². The van der Waals surface area contributed by atoms with E-state index in [1.807, 2.05) is 0 Å². The Balaban J connectivity index is 2.17. The second-order valence-corrected chi connectivity index (χ2v) is 8.25. The van der Waals surface area contributed by atoms with Crippen LogP contribution in [0.15, 0.2) is 61.2 Å². The third-order valence-corrected chi connectivity index (χ3v) is 5.19. The van der Waals surface area contributed by atoms with Crippen LogP contribution in [-0.4, -0.2) is 21.7 Å². The third kappa shape index (κ3) is 4.57. The Morgan fingerprint density at radius 1 is 0.844 bits per heavy atom. The maximum atomic E-state index is 14.1. The molecule has 1 N–H and O–H groups in total. The first-order valence-corrected chi connectivity index (χ1v) is 9.59. The standard InChI is InChI=1S/C23H21F5N2O2/c1-21(2,3)22(31,16-11-29-13-30-12-16)18-9-6-15(10-19(18)23(26,27)28)14-4-7-17(8-5-14)32-20(24)25/h4-13,20,31H,1-3H3. The summed E-state index contributed by atoms with van der Waals surface area (Å²) in [6.45, 7) is 1.86. The fraction of sp³-hybridized carbons (Fsp3) is 0.304. The molecule has 1 heterocycles. The van der Waals surface area contributed by atoms with Gasteiger partial charge in [0.2, 0.25) is 0 Å². The zero-order valence-electron chi connectivity index (χ0n) is 17.5. The average Bonchev–Trinajstić information content (AvgIpc) is 2.72. The van der Waals surface area contributed by atoms with E-state index >= 15 is 0 Å². The number of aromatic nitrogens is 2. The number of ether oxygens (including phenoxy) is 1. The molecule has 32 heavy (non-hydrogen) atoms. The van der Waals surface area contributed by atoms with E-state index in [9.17, 15) is 27.1 Å². The van der Waals surface area contributed by atoms with Crippen molar-refractivity contribution in [2.75, 3.05) is 0 Å². The van der Waals surface area contributed by atoms with E-state index in [1.54, 1.807) is 20.8 Å². The molecule has 3 rings (SSSR count). The molecule has 0 fully saturated rings. The van der Waals surface area contributed by atoms with E-state index in [-0.39, 0.29) is 22.4 Å². The summed E-state index contributed by atoms with van der Waals surface area (Å²) in [6, 6.07) is 8.85. The molecule has 2 aromatic carbocycles. The molecule has 9 heteroatoms. The topological polar surface area (TPSA) is 55.2 Å². The van der Waals surface area contributed by atoms with Crippen molar-refractivity contribution >= 4 is 0 Å². The van der Waals surface area contributed by atoms with E-state index < -0.39 is 29.4 Å². The number of alkyl halides is 5. The number of halogens is 5. The van der Waals surface area contributed by atoms with E-state index in [1.165, 1.54) is 55.1 Å². The van der Waals surface area contributed by atoms with E-state index in [4.69, 9.17) is 0 Å². The Morgan fingerprint density at radius 2 is 1.41 bits per heavy atom. The van der Waals surface area contributed by atoms with Gasteiger partial charge in [-0.3, -0.25) is 0 Å². The van der Waals surface area contributed by atoms with Crippen molar-refractivity contribution in [3.8, 4) is 16.9 Å². The minimum absolute atomic E-state index is 0.109. The summed E-state index contributed by atoms with van der Waals surface area (Å²) in [5.41, 5.74) is -3.77. The smallest absolute Gasteiger partial charge is 0.416 e. The molecule has 1 aromatic heterocycles. The van der Waals surface area contributed by atoms with Crippen LogP contribution in [0.5, 0.6) is 5.75 Å². The number of benzene rings is 2. The van der Waals surface area contributed by atoms with Gasteiger partial charge in [0.25, 0.3) is 0 Å². The van der Waals surface area contributed by atoms with Crippen LogP contribution in [0, 0.1) is 5.41 Å². The first-order chi connectivity index (χ1) is 14.8. The van der Waals surface area contributed by atoms with Crippen LogP contribution < -0.4 is 4.74 Å². The molecule has 0 saturated heterocycles. The predicted molar refractivity (Wildman–Crippen MR) is 108 cm³/mol. The van der Waals surface area contributed by atoms with Crippen molar-refractivity contribution in [1.82, 2.24) is 9.97 Å². The van der Waals surface area contributed by atoms with E-state index in [2.05, 4.69) is 14.7 Å². The summed E-state index contributed by atoms with van der Waals surface area (Å²) in [4.78, 5) is 7.72. The summed E-state index contributed by atoms with van der Waals surface area (Å²) in [5, 5.41) is 11.6. The molecule has 1 unspecified atom stereocenters. The van der Waals surface area contributed by atoms with Gasteiger partial charge in [-0.15, -0.1) is 0 Å². The van der Waals surface area contributed by atoms with Crippen molar-refractivity contribution in [2.24, 2.45) is 5.41 Å². The zero-order valence-corrected chi connectivity index (χ0v) is 17.5. The maximum absolute atomic E-state index is 14.1. The fourth-order valence-corrected chi connectivity index (χ4v) is 3.58. The maximum Gasteiger partial charge on any atom is 0.416 e. The molecule has 0 aliphatic rings. The highest BCUT2D eigenvalue weighted by molar-refractivity contribution is 5.66. The van der Waals surface area contributed by atoms with Gasteiger partial charge in [-0.05, 0) is 34.7 Å². The van der Waals surface area contributed by atoms with Crippen LogP contribution in [0.4, 0.5) is 22.0 Å². The number of aliphatic hydroxyl groups is 1. The Kier molecular flexibility index (Phi) is 6.24. The first kappa shape index (κ1) is 23.6. The van der Waals surface area contributed by atoms with Gasteiger partial charge in [-0.25, -0.2) is 9.97 Å². The Labute approximate surface area is 181 Å². The van der Waals surface area contributed by atoms with Crippen molar-refractivity contribution in [3.05, 3.63) is 77.9 Å². The monoisotopic (exact) mass is 452 g/mol. The van der Waals surface area contributed by atoms with Crippen molar-refractivity contribution in [3.63, 3.8) is 0 Å². The summed E-state index contributed by atoms with van der Waals surface area (Å²) in [5.74, 6) is -0.109. The molecule has 170 valence electrons. The van der Waals surface area contributed by atoms with Gasteiger partial charge >= 0.3 is 12.8 Å². The predicted octanol–water partition coefficient (Wildman–Crippen LogP) is 6.05. The van der Waals surface area contributed by atoms with Gasteiger partial charge in [0.1, 0.15) is 17.7 Å². The van der Waals surface area contributed by atoms with Crippen LogP contribution in [0.2, 0.25) is 0 Å². The highest BCUT2D eigenvalue weighted by Gasteiger charge is 2.49. The lowest BCUT2D eigenvalue weighted by Gasteiger charge is -2.42. The molecule has 0 amide bonds. The van der Waals surface area contributed by atoms with Crippen molar-refractivity contribution in [1.29, 1.82) is 0 Å². The minimum atomic E-state index is -4.78. The Morgan fingerprint density at radius 3 is 1.91 bits per heavy atom. The highest BCUT2D eigenvalue weighted by atomic mass is 19.4. The van der Waals surface area contributed by atoms with Gasteiger partial charge in [0, 0.05) is 23.5 Å².